The van der Waals surface area contributed by atoms with Gasteiger partial charge in [0.15, 0.2) is 0 Å². The topological polar surface area (TPSA) is 46.2 Å². The van der Waals surface area contributed by atoms with Crippen LogP contribution in [0.1, 0.15) is 11.6 Å². The smallest absolute Gasteiger partial charge is 0.289 e. The maximum atomic E-state index is 13.0. The number of aliphatic hydroxyl groups is 1. The molecule has 1 aromatic carbocycles. The van der Waals surface area contributed by atoms with Gasteiger partial charge in [-0.05, 0) is 17.7 Å². The lowest BCUT2D eigenvalue weighted by Crippen LogP contribution is -2.36. The summed E-state index contributed by atoms with van der Waals surface area (Å²) in [6.45, 7) is -1.39. The second-order valence-corrected chi connectivity index (χ2v) is 3.47. The number of aliphatic hydroxyl groups excluding tert-OH is 1. The second-order valence-electron chi connectivity index (χ2n) is 3.06. The van der Waals surface area contributed by atoms with Crippen LogP contribution in [0.3, 0.4) is 0 Å². The molecule has 0 aliphatic rings. The van der Waals surface area contributed by atoms with Crippen molar-refractivity contribution in [2.45, 2.75) is 12.0 Å². The predicted molar refractivity (Wildman–Crippen MR) is 57.6 cm³/mol. The highest BCUT2D eigenvalue weighted by molar-refractivity contribution is 6.31. The van der Waals surface area contributed by atoms with Gasteiger partial charge >= 0.3 is 0 Å². The third-order valence-electron chi connectivity index (χ3n) is 1.96. The van der Waals surface area contributed by atoms with E-state index in [2.05, 4.69) is 0 Å². The van der Waals surface area contributed by atoms with Gasteiger partial charge in [-0.15, -0.1) is 12.4 Å². The molecule has 1 atom stereocenters. The first-order chi connectivity index (χ1) is 6.88. The third kappa shape index (κ3) is 3.25. The van der Waals surface area contributed by atoms with Crippen LogP contribution in [0.5, 0.6) is 0 Å². The second kappa shape index (κ2) is 5.72. The lowest BCUT2D eigenvalue weighted by molar-refractivity contribution is -0.0711. The van der Waals surface area contributed by atoms with Gasteiger partial charge < -0.3 is 10.8 Å². The Morgan fingerprint density at radius 2 is 2.00 bits per heavy atom. The maximum absolute atomic E-state index is 13.0. The molecular formula is C9H10Cl2F3NO. The van der Waals surface area contributed by atoms with E-state index in [1.54, 1.807) is 0 Å². The van der Waals surface area contributed by atoms with Crippen LogP contribution >= 0.6 is 24.0 Å². The Morgan fingerprint density at radius 3 is 2.44 bits per heavy atom. The van der Waals surface area contributed by atoms with Gasteiger partial charge in [0.2, 0.25) is 0 Å². The van der Waals surface area contributed by atoms with E-state index in [-0.39, 0.29) is 23.0 Å². The van der Waals surface area contributed by atoms with E-state index in [0.717, 1.165) is 18.2 Å². The van der Waals surface area contributed by atoms with Crippen molar-refractivity contribution in [3.63, 3.8) is 0 Å². The van der Waals surface area contributed by atoms with Gasteiger partial charge in [0.25, 0.3) is 5.92 Å². The average molecular weight is 276 g/mol. The highest BCUT2D eigenvalue weighted by atomic mass is 35.5. The summed E-state index contributed by atoms with van der Waals surface area (Å²) in [6.07, 6.45) is 0. The molecule has 0 spiro atoms. The number of hydrogen-bond acceptors (Lipinski definition) is 2. The summed E-state index contributed by atoms with van der Waals surface area (Å²) < 4.78 is 38.6. The Morgan fingerprint density at radius 1 is 1.44 bits per heavy atom. The molecule has 1 rings (SSSR count). The van der Waals surface area contributed by atoms with Crippen LogP contribution in [0.4, 0.5) is 13.2 Å². The van der Waals surface area contributed by atoms with Gasteiger partial charge in [-0.2, -0.15) is 0 Å². The number of alkyl halides is 2. The Bertz CT molecular complexity index is 363. The van der Waals surface area contributed by atoms with Crippen LogP contribution in [0.15, 0.2) is 18.2 Å². The minimum absolute atomic E-state index is 0. The zero-order chi connectivity index (χ0) is 11.6. The Hall–Kier alpha value is -0.490. The van der Waals surface area contributed by atoms with Gasteiger partial charge in [0, 0.05) is 5.02 Å². The van der Waals surface area contributed by atoms with Crippen LogP contribution in [0.25, 0.3) is 0 Å². The quantitative estimate of drug-likeness (QED) is 0.891. The molecule has 16 heavy (non-hydrogen) atoms. The Labute approximate surface area is 102 Å². The van der Waals surface area contributed by atoms with Gasteiger partial charge in [0.1, 0.15) is 12.4 Å². The summed E-state index contributed by atoms with van der Waals surface area (Å²) in [7, 11) is 0. The van der Waals surface area contributed by atoms with Gasteiger partial charge in [-0.3, -0.25) is 0 Å². The summed E-state index contributed by atoms with van der Waals surface area (Å²) in [5.74, 6) is -4.12. The van der Waals surface area contributed by atoms with Crippen molar-refractivity contribution >= 4 is 24.0 Å². The molecule has 7 heteroatoms. The Kier molecular flexibility index (Phi) is 5.55. The summed E-state index contributed by atoms with van der Waals surface area (Å²) in [6, 6.07) is 1.19. The minimum atomic E-state index is -3.48. The molecule has 92 valence electrons. The monoisotopic (exact) mass is 275 g/mol. The van der Waals surface area contributed by atoms with E-state index < -0.39 is 24.4 Å². The zero-order valence-corrected chi connectivity index (χ0v) is 9.53. The fourth-order valence-corrected chi connectivity index (χ4v) is 1.36. The molecule has 0 radical (unpaired) electrons. The first-order valence-corrected chi connectivity index (χ1v) is 4.45. The highest BCUT2D eigenvalue weighted by Crippen LogP contribution is 2.32. The number of nitrogens with two attached hydrogens (primary N) is 1. The largest absolute Gasteiger partial charge is 0.390 e. The molecule has 0 aliphatic carbocycles. The number of benzene rings is 1. The molecule has 0 bridgehead atoms. The van der Waals surface area contributed by atoms with Crippen LogP contribution in [0, 0.1) is 5.82 Å². The van der Waals surface area contributed by atoms with E-state index in [1.807, 2.05) is 0 Å². The molecule has 0 saturated heterocycles. The van der Waals surface area contributed by atoms with E-state index in [4.69, 9.17) is 22.4 Å². The van der Waals surface area contributed by atoms with E-state index in [0.29, 0.717) is 0 Å². The molecule has 3 N–H and O–H groups in total. The van der Waals surface area contributed by atoms with Crippen molar-refractivity contribution in [1.82, 2.24) is 0 Å². The van der Waals surface area contributed by atoms with Crippen molar-refractivity contribution in [3.8, 4) is 0 Å². The highest BCUT2D eigenvalue weighted by Gasteiger charge is 2.38. The predicted octanol–water partition coefficient (Wildman–Crippen LogP) is 2.53. The molecule has 0 aliphatic heterocycles. The van der Waals surface area contributed by atoms with Crippen LogP contribution in [-0.4, -0.2) is 17.6 Å². The van der Waals surface area contributed by atoms with Gasteiger partial charge in [0.05, 0.1) is 6.04 Å². The Balaban J connectivity index is 0.00000225. The molecule has 0 saturated carbocycles. The molecule has 2 nitrogen and oxygen atoms in total. The SMILES string of the molecule is Cl.N[C@@H](c1ccc(F)cc1Cl)C(F)(F)CO. The first kappa shape index (κ1) is 15.5. The zero-order valence-electron chi connectivity index (χ0n) is 7.96. The number of hydrogen-bond donors (Lipinski definition) is 2. The summed E-state index contributed by atoms with van der Waals surface area (Å²) in [5, 5.41) is 8.24. The van der Waals surface area contributed by atoms with E-state index in [1.165, 1.54) is 0 Å². The summed E-state index contributed by atoms with van der Waals surface area (Å²) >= 11 is 5.55. The van der Waals surface area contributed by atoms with Crippen molar-refractivity contribution < 1.29 is 18.3 Å². The molecular weight excluding hydrogens is 266 g/mol. The molecule has 0 unspecified atom stereocenters. The van der Waals surface area contributed by atoms with Crippen LogP contribution in [-0.2, 0) is 0 Å². The van der Waals surface area contributed by atoms with Crippen LogP contribution < -0.4 is 5.73 Å². The van der Waals surface area contributed by atoms with Gasteiger partial charge in [-0.1, -0.05) is 17.7 Å². The maximum Gasteiger partial charge on any atom is 0.289 e. The van der Waals surface area contributed by atoms with Crippen molar-refractivity contribution in [1.29, 1.82) is 0 Å². The molecule has 0 amide bonds. The minimum Gasteiger partial charge on any atom is -0.390 e. The normalized spacial score (nSPS) is 13.1. The van der Waals surface area contributed by atoms with E-state index in [9.17, 15) is 13.2 Å². The number of rotatable bonds is 3. The van der Waals surface area contributed by atoms with E-state index >= 15 is 0 Å². The average Bonchev–Trinajstić information content (AvgIpc) is 2.17. The number of halogens is 5. The fourth-order valence-electron chi connectivity index (χ4n) is 1.08. The molecule has 0 aromatic heterocycles. The first-order valence-electron chi connectivity index (χ1n) is 4.07. The summed E-state index contributed by atoms with van der Waals surface area (Å²) in [4.78, 5) is 0. The van der Waals surface area contributed by atoms with Crippen LogP contribution in [0.2, 0.25) is 5.02 Å². The van der Waals surface area contributed by atoms with Gasteiger partial charge in [-0.25, -0.2) is 13.2 Å². The standard InChI is InChI=1S/C9H9ClF3NO.ClH/c10-7-3-5(11)1-2-6(7)8(14)9(12,13)4-15;/h1-3,8,15H,4,14H2;1H/t8-;/m0./s1. The molecule has 0 fully saturated rings. The van der Waals surface area contributed by atoms with Crippen molar-refractivity contribution in [2.24, 2.45) is 5.73 Å². The van der Waals surface area contributed by atoms with Crippen molar-refractivity contribution in [2.75, 3.05) is 6.61 Å². The molecule has 1 aromatic rings. The lowest BCUT2D eigenvalue weighted by Gasteiger charge is -2.22. The third-order valence-corrected chi connectivity index (χ3v) is 2.29. The fraction of sp³-hybridized carbons (Fsp3) is 0.333. The van der Waals surface area contributed by atoms with Crippen molar-refractivity contribution in [3.05, 3.63) is 34.6 Å². The molecule has 0 heterocycles. The summed E-state index contributed by atoms with van der Waals surface area (Å²) in [5.41, 5.74) is 5.12. The lowest BCUT2D eigenvalue weighted by atomic mass is 10.0.